The summed E-state index contributed by atoms with van der Waals surface area (Å²) < 4.78 is 1.10. The number of carbonyl (C=O) groups is 1. The van der Waals surface area contributed by atoms with Crippen molar-refractivity contribution in [2.24, 2.45) is 0 Å². The van der Waals surface area contributed by atoms with Crippen molar-refractivity contribution in [2.75, 3.05) is 0 Å². The fourth-order valence-electron chi connectivity index (χ4n) is 2.12. The van der Waals surface area contributed by atoms with Crippen LogP contribution in [0.4, 0.5) is 0 Å². The summed E-state index contributed by atoms with van der Waals surface area (Å²) in [7, 11) is 0. The van der Waals surface area contributed by atoms with E-state index in [4.69, 9.17) is 0 Å². The highest BCUT2D eigenvalue weighted by atomic mass is 127. The van der Waals surface area contributed by atoms with Crippen LogP contribution >= 0.6 is 22.6 Å². The molecule has 0 atom stereocenters. The largest absolute Gasteiger partial charge is 0.294 e. The molecule has 0 aromatic heterocycles. The van der Waals surface area contributed by atoms with Gasteiger partial charge in [-0.25, -0.2) is 0 Å². The zero-order valence-electron chi connectivity index (χ0n) is 10.5. The molecule has 0 bridgehead atoms. The van der Waals surface area contributed by atoms with Crippen molar-refractivity contribution in [3.8, 4) is 0 Å². The number of benzene rings is 2. The summed E-state index contributed by atoms with van der Waals surface area (Å²) in [5.74, 6) is 0.179. The first kappa shape index (κ1) is 13.3. The average Bonchev–Trinajstić information content (AvgIpc) is 2.27. The van der Waals surface area contributed by atoms with Crippen molar-refractivity contribution in [2.45, 2.75) is 20.3 Å². The molecule has 0 saturated heterocycles. The molecule has 0 radical (unpaired) electrons. The first-order chi connectivity index (χ1) is 8.54. The van der Waals surface area contributed by atoms with Gasteiger partial charge in [-0.05, 0) is 54.1 Å². The average molecular weight is 350 g/mol. The molecule has 0 spiro atoms. The molecule has 2 rings (SSSR count). The van der Waals surface area contributed by atoms with Gasteiger partial charge in [-0.3, -0.25) is 4.79 Å². The SMILES string of the molecule is Cc1cc(C)cc(CC(=O)c2cccc(I)c2)c1. The Kier molecular flexibility index (Phi) is 4.17. The third-order valence-corrected chi connectivity index (χ3v) is 3.46. The van der Waals surface area contributed by atoms with E-state index in [1.807, 2.05) is 24.3 Å². The molecule has 0 aliphatic rings. The molecule has 0 amide bonds. The zero-order chi connectivity index (χ0) is 13.1. The minimum atomic E-state index is 0.179. The van der Waals surface area contributed by atoms with Gasteiger partial charge in [-0.2, -0.15) is 0 Å². The lowest BCUT2D eigenvalue weighted by Crippen LogP contribution is -2.04. The summed E-state index contributed by atoms with van der Waals surface area (Å²) in [4.78, 5) is 12.2. The fraction of sp³-hybridized carbons (Fsp3) is 0.188. The molecular weight excluding hydrogens is 335 g/mol. The lowest BCUT2D eigenvalue weighted by molar-refractivity contribution is 0.0993. The van der Waals surface area contributed by atoms with Gasteiger partial charge >= 0.3 is 0 Å². The van der Waals surface area contributed by atoms with E-state index >= 15 is 0 Å². The summed E-state index contributed by atoms with van der Waals surface area (Å²) in [5, 5.41) is 0. The second-order valence-electron chi connectivity index (χ2n) is 4.61. The minimum absolute atomic E-state index is 0.179. The molecule has 2 heteroatoms. The number of rotatable bonds is 3. The van der Waals surface area contributed by atoms with E-state index in [9.17, 15) is 4.79 Å². The maximum Gasteiger partial charge on any atom is 0.167 e. The molecule has 0 fully saturated rings. The van der Waals surface area contributed by atoms with Gasteiger partial charge in [0.25, 0.3) is 0 Å². The van der Waals surface area contributed by atoms with Crippen LogP contribution in [0.2, 0.25) is 0 Å². The number of aryl methyl sites for hydroxylation is 2. The van der Waals surface area contributed by atoms with E-state index in [2.05, 4.69) is 54.6 Å². The van der Waals surface area contributed by atoms with E-state index in [1.54, 1.807) is 0 Å². The van der Waals surface area contributed by atoms with E-state index < -0.39 is 0 Å². The van der Waals surface area contributed by atoms with Crippen molar-refractivity contribution in [1.82, 2.24) is 0 Å². The highest BCUT2D eigenvalue weighted by molar-refractivity contribution is 14.1. The Bertz CT molecular complexity index is 567. The number of carbonyl (C=O) groups excluding carboxylic acids is 1. The molecule has 0 N–H and O–H groups in total. The molecule has 2 aromatic rings. The Balaban J connectivity index is 2.21. The van der Waals surface area contributed by atoms with Gasteiger partial charge in [0.15, 0.2) is 5.78 Å². The number of Topliss-reactive ketones (excluding diaryl/α,β-unsaturated/α-hetero) is 1. The van der Waals surface area contributed by atoms with Gasteiger partial charge in [-0.15, -0.1) is 0 Å². The van der Waals surface area contributed by atoms with Crippen LogP contribution in [-0.4, -0.2) is 5.78 Å². The molecule has 0 aliphatic heterocycles. The van der Waals surface area contributed by atoms with E-state index in [1.165, 1.54) is 11.1 Å². The van der Waals surface area contributed by atoms with Gasteiger partial charge < -0.3 is 0 Å². The lowest BCUT2D eigenvalue weighted by Gasteiger charge is -2.05. The van der Waals surface area contributed by atoms with Crippen LogP contribution in [0.3, 0.4) is 0 Å². The third-order valence-electron chi connectivity index (χ3n) is 2.79. The van der Waals surface area contributed by atoms with Crippen LogP contribution in [0.15, 0.2) is 42.5 Å². The smallest absolute Gasteiger partial charge is 0.167 e. The highest BCUT2D eigenvalue weighted by Gasteiger charge is 2.08. The second kappa shape index (κ2) is 5.65. The molecule has 92 valence electrons. The summed E-state index contributed by atoms with van der Waals surface area (Å²) in [6.45, 7) is 4.12. The number of hydrogen-bond acceptors (Lipinski definition) is 1. The Morgan fingerprint density at radius 3 is 2.33 bits per heavy atom. The first-order valence-electron chi connectivity index (χ1n) is 5.90. The van der Waals surface area contributed by atoms with Gasteiger partial charge in [0.1, 0.15) is 0 Å². The number of hydrogen-bond donors (Lipinski definition) is 0. The van der Waals surface area contributed by atoms with Crippen molar-refractivity contribution in [3.05, 3.63) is 68.3 Å². The molecule has 0 unspecified atom stereocenters. The Labute approximate surface area is 121 Å². The van der Waals surface area contributed by atoms with Gasteiger partial charge in [0.05, 0.1) is 0 Å². The van der Waals surface area contributed by atoms with Crippen molar-refractivity contribution in [3.63, 3.8) is 0 Å². The lowest BCUT2D eigenvalue weighted by atomic mass is 10.00. The van der Waals surface area contributed by atoms with Crippen LogP contribution in [0.1, 0.15) is 27.0 Å². The van der Waals surface area contributed by atoms with Crippen LogP contribution in [0, 0.1) is 17.4 Å². The zero-order valence-corrected chi connectivity index (χ0v) is 12.7. The second-order valence-corrected chi connectivity index (χ2v) is 5.85. The normalized spacial score (nSPS) is 10.4. The Morgan fingerprint density at radius 1 is 1.06 bits per heavy atom. The maximum absolute atomic E-state index is 12.2. The number of ketones is 1. The van der Waals surface area contributed by atoms with E-state index in [-0.39, 0.29) is 5.78 Å². The molecule has 1 nitrogen and oxygen atoms in total. The van der Waals surface area contributed by atoms with Crippen LogP contribution in [0.25, 0.3) is 0 Å². The standard InChI is InChI=1S/C16H15IO/c1-11-6-12(2)8-13(7-11)9-16(18)14-4-3-5-15(17)10-14/h3-8,10H,9H2,1-2H3. The van der Waals surface area contributed by atoms with Crippen molar-refractivity contribution >= 4 is 28.4 Å². The molecule has 0 saturated carbocycles. The summed E-state index contributed by atoms with van der Waals surface area (Å²) in [6, 6.07) is 14.0. The molecule has 2 aromatic carbocycles. The topological polar surface area (TPSA) is 17.1 Å². The van der Waals surface area contributed by atoms with Gasteiger partial charge in [0, 0.05) is 15.6 Å². The van der Waals surface area contributed by atoms with E-state index in [0.717, 1.165) is 14.7 Å². The monoisotopic (exact) mass is 350 g/mol. The van der Waals surface area contributed by atoms with Gasteiger partial charge in [0.2, 0.25) is 0 Å². The number of halogens is 1. The van der Waals surface area contributed by atoms with E-state index in [0.29, 0.717) is 6.42 Å². The maximum atomic E-state index is 12.2. The minimum Gasteiger partial charge on any atom is -0.294 e. The van der Waals surface area contributed by atoms with Crippen LogP contribution < -0.4 is 0 Å². The summed E-state index contributed by atoms with van der Waals surface area (Å²) in [6.07, 6.45) is 0.475. The fourth-order valence-corrected chi connectivity index (χ4v) is 2.66. The quantitative estimate of drug-likeness (QED) is 0.595. The molecule has 0 heterocycles. The molecular formula is C16H15IO. The third kappa shape index (κ3) is 3.42. The van der Waals surface area contributed by atoms with Crippen molar-refractivity contribution < 1.29 is 4.79 Å². The Morgan fingerprint density at radius 2 is 1.72 bits per heavy atom. The highest BCUT2D eigenvalue weighted by Crippen LogP contribution is 2.14. The first-order valence-corrected chi connectivity index (χ1v) is 6.98. The van der Waals surface area contributed by atoms with Crippen LogP contribution in [-0.2, 0) is 6.42 Å². The Hall–Kier alpha value is -1.16. The summed E-state index contributed by atoms with van der Waals surface area (Å²) >= 11 is 2.23. The molecule has 18 heavy (non-hydrogen) atoms. The summed E-state index contributed by atoms with van der Waals surface area (Å²) in [5.41, 5.74) is 4.30. The van der Waals surface area contributed by atoms with Crippen molar-refractivity contribution in [1.29, 1.82) is 0 Å². The van der Waals surface area contributed by atoms with Crippen LogP contribution in [0.5, 0.6) is 0 Å². The molecule has 0 aliphatic carbocycles. The predicted octanol–water partition coefficient (Wildman–Crippen LogP) is 4.33. The van der Waals surface area contributed by atoms with Gasteiger partial charge in [-0.1, -0.05) is 41.5 Å². The predicted molar refractivity (Wildman–Crippen MR) is 83.1 cm³/mol.